The van der Waals surface area contributed by atoms with Gasteiger partial charge < -0.3 is 10.6 Å². The van der Waals surface area contributed by atoms with E-state index < -0.39 is 0 Å². The number of hydrogen-bond donors (Lipinski definition) is 2. The van der Waals surface area contributed by atoms with Crippen LogP contribution in [-0.2, 0) is 0 Å². The lowest BCUT2D eigenvalue weighted by Crippen LogP contribution is -2.17. The van der Waals surface area contributed by atoms with E-state index in [1.165, 1.54) is 32.1 Å². The molecule has 1 aromatic heterocycles. The van der Waals surface area contributed by atoms with E-state index >= 15 is 0 Å². The van der Waals surface area contributed by atoms with E-state index in [9.17, 15) is 0 Å². The lowest BCUT2D eigenvalue weighted by molar-refractivity contribution is 0.592. The molecule has 2 N–H and O–H groups in total. The zero-order chi connectivity index (χ0) is 16.5. The Hall–Kier alpha value is -2.10. The van der Waals surface area contributed by atoms with E-state index in [2.05, 4.69) is 34.4 Å². The molecule has 0 amide bonds. The highest BCUT2D eigenvalue weighted by atomic mass is 15.1. The summed E-state index contributed by atoms with van der Waals surface area (Å²) in [6, 6.07) is 10.4. The molecule has 0 saturated heterocycles. The van der Waals surface area contributed by atoms with Gasteiger partial charge in [-0.1, -0.05) is 50.8 Å². The van der Waals surface area contributed by atoms with Crippen molar-refractivity contribution >= 4 is 17.3 Å². The molecule has 0 aliphatic rings. The highest BCUT2D eigenvalue weighted by Crippen LogP contribution is 2.18. The number of benzene rings is 1. The number of unbranched alkanes of at least 4 members (excludes halogenated alkanes) is 3. The quantitative estimate of drug-likeness (QED) is 0.617. The van der Waals surface area contributed by atoms with Gasteiger partial charge in [0.05, 0.1) is 11.9 Å². The molecule has 2 aromatic rings. The largest absolute Gasteiger partial charge is 0.366 e. The predicted octanol–water partition coefficient (Wildman–Crippen LogP) is 5.30. The van der Waals surface area contributed by atoms with Crippen molar-refractivity contribution in [1.29, 1.82) is 0 Å². The van der Waals surface area contributed by atoms with Gasteiger partial charge in [-0.15, -0.1) is 0 Å². The molecule has 2 rings (SSSR count). The number of aromatic nitrogens is 2. The first-order valence-corrected chi connectivity index (χ1v) is 8.61. The van der Waals surface area contributed by atoms with Gasteiger partial charge in [0.1, 0.15) is 11.6 Å². The molecule has 0 bridgehead atoms. The van der Waals surface area contributed by atoms with Crippen LogP contribution in [0.3, 0.4) is 0 Å². The Bertz CT molecular complexity index is 583. The number of aryl methyl sites for hydroxylation is 1. The van der Waals surface area contributed by atoms with E-state index in [0.717, 1.165) is 23.0 Å². The third kappa shape index (κ3) is 5.89. The van der Waals surface area contributed by atoms with E-state index in [4.69, 9.17) is 0 Å². The minimum atomic E-state index is 0.424. The Morgan fingerprint density at radius 2 is 1.87 bits per heavy atom. The summed E-state index contributed by atoms with van der Waals surface area (Å²) in [6.45, 7) is 6.45. The van der Waals surface area contributed by atoms with E-state index in [1.54, 1.807) is 6.20 Å². The van der Waals surface area contributed by atoms with Crippen LogP contribution in [0.15, 0.2) is 36.5 Å². The maximum absolute atomic E-state index is 4.60. The van der Waals surface area contributed by atoms with Crippen LogP contribution in [0.1, 0.15) is 51.6 Å². The molecule has 4 heteroatoms. The van der Waals surface area contributed by atoms with Gasteiger partial charge in [-0.05, 0) is 32.4 Å². The van der Waals surface area contributed by atoms with Crippen LogP contribution < -0.4 is 10.6 Å². The molecular formula is C19H28N4. The summed E-state index contributed by atoms with van der Waals surface area (Å²) in [5.74, 6) is 1.65. The number of rotatable bonds is 9. The number of hydrogen-bond acceptors (Lipinski definition) is 4. The second-order valence-corrected chi connectivity index (χ2v) is 6.08. The van der Waals surface area contributed by atoms with Crippen molar-refractivity contribution < 1.29 is 0 Å². The standard InChI is InChI=1S/C19H28N4/c1-4-5-6-8-11-15(2)21-19-16(3)22-18(14-20-19)23-17-12-9-7-10-13-17/h7,9-10,12-15H,4-6,8,11H2,1-3H3,(H,20,21)(H,22,23). The first-order valence-electron chi connectivity index (χ1n) is 8.61. The smallest absolute Gasteiger partial charge is 0.149 e. The third-order valence-corrected chi connectivity index (χ3v) is 3.87. The van der Waals surface area contributed by atoms with Gasteiger partial charge in [-0.3, -0.25) is 0 Å². The highest BCUT2D eigenvalue weighted by Gasteiger charge is 2.07. The van der Waals surface area contributed by atoms with Crippen molar-refractivity contribution in [2.75, 3.05) is 10.6 Å². The topological polar surface area (TPSA) is 49.8 Å². The van der Waals surface area contributed by atoms with Gasteiger partial charge in [-0.2, -0.15) is 0 Å². The van der Waals surface area contributed by atoms with Crippen LogP contribution in [0.2, 0.25) is 0 Å². The van der Waals surface area contributed by atoms with Gasteiger partial charge in [0.2, 0.25) is 0 Å². The first kappa shape index (κ1) is 17.3. The second-order valence-electron chi connectivity index (χ2n) is 6.08. The van der Waals surface area contributed by atoms with Gasteiger partial charge >= 0.3 is 0 Å². The van der Waals surface area contributed by atoms with Gasteiger partial charge in [0.15, 0.2) is 0 Å². The Labute approximate surface area is 139 Å². The summed E-state index contributed by atoms with van der Waals surface area (Å²) in [7, 11) is 0. The van der Waals surface area contributed by atoms with Crippen LogP contribution >= 0.6 is 0 Å². The lowest BCUT2D eigenvalue weighted by Gasteiger charge is -2.16. The predicted molar refractivity (Wildman–Crippen MR) is 98.3 cm³/mol. The maximum Gasteiger partial charge on any atom is 0.149 e. The van der Waals surface area contributed by atoms with E-state index in [-0.39, 0.29) is 0 Å². The van der Waals surface area contributed by atoms with Gasteiger partial charge in [0, 0.05) is 11.7 Å². The SMILES string of the molecule is CCCCCCC(C)Nc1ncc(Nc2ccccc2)nc1C. The van der Waals surface area contributed by atoms with Crippen LogP contribution in [0.5, 0.6) is 0 Å². The minimum Gasteiger partial charge on any atom is -0.366 e. The molecule has 0 radical (unpaired) electrons. The molecule has 0 fully saturated rings. The number of anilines is 3. The van der Waals surface area contributed by atoms with Gasteiger partial charge in [-0.25, -0.2) is 9.97 Å². The second kappa shape index (κ2) is 9.13. The summed E-state index contributed by atoms with van der Waals surface area (Å²) < 4.78 is 0. The fraction of sp³-hybridized carbons (Fsp3) is 0.474. The third-order valence-electron chi connectivity index (χ3n) is 3.87. The molecule has 1 atom stereocenters. The van der Waals surface area contributed by atoms with Crippen molar-refractivity contribution in [1.82, 2.24) is 9.97 Å². The van der Waals surface area contributed by atoms with E-state index in [1.807, 2.05) is 37.3 Å². The summed E-state index contributed by atoms with van der Waals surface area (Å²) in [5.41, 5.74) is 1.94. The van der Waals surface area contributed by atoms with Crippen molar-refractivity contribution in [3.05, 3.63) is 42.2 Å². The molecular weight excluding hydrogens is 284 g/mol. The van der Waals surface area contributed by atoms with Crippen molar-refractivity contribution in [3.63, 3.8) is 0 Å². The number of para-hydroxylation sites is 1. The molecule has 1 heterocycles. The summed E-state index contributed by atoms with van der Waals surface area (Å²) in [5, 5.41) is 6.75. The van der Waals surface area contributed by atoms with Gasteiger partial charge in [0.25, 0.3) is 0 Å². The Morgan fingerprint density at radius 1 is 1.09 bits per heavy atom. The molecule has 124 valence electrons. The van der Waals surface area contributed by atoms with Crippen molar-refractivity contribution in [2.45, 2.75) is 58.9 Å². The Balaban J connectivity index is 1.89. The normalized spacial score (nSPS) is 12.0. The zero-order valence-electron chi connectivity index (χ0n) is 14.5. The van der Waals surface area contributed by atoms with Crippen LogP contribution in [0.25, 0.3) is 0 Å². The molecule has 4 nitrogen and oxygen atoms in total. The van der Waals surface area contributed by atoms with Crippen molar-refractivity contribution in [3.8, 4) is 0 Å². The summed E-state index contributed by atoms with van der Waals surface area (Å²) in [6.07, 6.45) is 8.14. The number of nitrogens with zero attached hydrogens (tertiary/aromatic N) is 2. The maximum atomic E-state index is 4.60. The molecule has 23 heavy (non-hydrogen) atoms. The van der Waals surface area contributed by atoms with E-state index in [0.29, 0.717) is 6.04 Å². The molecule has 1 unspecified atom stereocenters. The molecule has 0 saturated carbocycles. The molecule has 1 aromatic carbocycles. The summed E-state index contributed by atoms with van der Waals surface area (Å²) in [4.78, 5) is 9.12. The Kier molecular flexibility index (Phi) is 6.85. The number of nitrogens with one attached hydrogen (secondary N) is 2. The average Bonchev–Trinajstić information content (AvgIpc) is 2.55. The average molecular weight is 312 g/mol. The van der Waals surface area contributed by atoms with Crippen LogP contribution in [-0.4, -0.2) is 16.0 Å². The van der Waals surface area contributed by atoms with Crippen LogP contribution in [0.4, 0.5) is 17.3 Å². The molecule has 0 aliphatic heterocycles. The fourth-order valence-corrected chi connectivity index (χ4v) is 2.54. The zero-order valence-corrected chi connectivity index (χ0v) is 14.5. The molecule has 0 spiro atoms. The lowest BCUT2D eigenvalue weighted by atomic mass is 10.1. The monoisotopic (exact) mass is 312 g/mol. The fourth-order valence-electron chi connectivity index (χ4n) is 2.54. The molecule has 0 aliphatic carbocycles. The van der Waals surface area contributed by atoms with Crippen molar-refractivity contribution in [2.24, 2.45) is 0 Å². The minimum absolute atomic E-state index is 0.424. The summed E-state index contributed by atoms with van der Waals surface area (Å²) >= 11 is 0. The highest BCUT2D eigenvalue weighted by molar-refractivity contribution is 5.56. The van der Waals surface area contributed by atoms with Crippen LogP contribution in [0, 0.1) is 6.92 Å². The first-order chi connectivity index (χ1) is 11.2. The Morgan fingerprint density at radius 3 is 2.57 bits per heavy atom.